The molecule has 0 unspecified atom stereocenters. The number of carbonyl (C=O) groups excluding carboxylic acids is 1. The molecule has 110 valence electrons. The van der Waals surface area contributed by atoms with Crippen LogP contribution in [0, 0.1) is 0 Å². The molecule has 2 aromatic rings. The summed E-state index contributed by atoms with van der Waals surface area (Å²) in [5.41, 5.74) is 1.55. The van der Waals surface area contributed by atoms with Crippen LogP contribution in [-0.2, 0) is 4.79 Å². The number of halogens is 3. The van der Waals surface area contributed by atoms with Gasteiger partial charge in [0.1, 0.15) is 0 Å². The van der Waals surface area contributed by atoms with Gasteiger partial charge >= 0.3 is 0 Å². The van der Waals surface area contributed by atoms with Crippen molar-refractivity contribution >= 4 is 56.4 Å². The van der Waals surface area contributed by atoms with Gasteiger partial charge in [0.05, 0.1) is 5.69 Å². The highest BCUT2D eigenvalue weighted by Crippen LogP contribution is 2.23. The number of anilines is 2. The first-order valence-electron chi connectivity index (χ1n) is 6.29. The number of amides is 1. The number of hydrogen-bond donors (Lipinski definition) is 2. The van der Waals surface area contributed by atoms with Crippen LogP contribution in [-0.4, -0.2) is 12.5 Å². The van der Waals surface area contributed by atoms with Crippen LogP contribution < -0.4 is 10.6 Å². The van der Waals surface area contributed by atoms with E-state index in [1.54, 1.807) is 18.2 Å². The molecule has 0 fully saturated rings. The molecule has 2 N–H and O–H groups in total. The predicted octanol–water partition coefficient (Wildman–Crippen LogP) is 5.20. The van der Waals surface area contributed by atoms with Crippen molar-refractivity contribution in [1.82, 2.24) is 0 Å². The molecule has 0 bridgehead atoms. The number of hydrogen-bond acceptors (Lipinski definition) is 2. The minimum Gasteiger partial charge on any atom is -0.384 e. The lowest BCUT2D eigenvalue weighted by Crippen LogP contribution is -2.16. The lowest BCUT2D eigenvalue weighted by Gasteiger charge is -2.09. The topological polar surface area (TPSA) is 41.1 Å². The van der Waals surface area contributed by atoms with Gasteiger partial charge in [0, 0.05) is 33.2 Å². The maximum atomic E-state index is 11.9. The van der Waals surface area contributed by atoms with Gasteiger partial charge < -0.3 is 10.6 Å². The molecule has 0 saturated heterocycles. The summed E-state index contributed by atoms with van der Waals surface area (Å²) in [7, 11) is 0. The van der Waals surface area contributed by atoms with Crippen molar-refractivity contribution in [1.29, 1.82) is 0 Å². The Bertz CT molecular complexity index is 629. The Morgan fingerprint density at radius 2 is 1.76 bits per heavy atom. The van der Waals surface area contributed by atoms with E-state index in [-0.39, 0.29) is 5.91 Å². The second-order valence-electron chi connectivity index (χ2n) is 4.36. The van der Waals surface area contributed by atoms with Gasteiger partial charge in [-0.05, 0) is 46.3 Å². The number of benzene rings is 2. The quantitative estimate of drug-likeness (QED) is 0.740. The van der Waals surface area contributed by atoms with Crippen molar-refractivity contribution in [2.75, 3.05) is 17.2 Å². The smallest absolute Gasteiger partial charge is 0.226 e. The van der Waals surface area contributed by atoms with E-state index in [4.69, 9.17) is 23.2 Å². The van der Waals surface area contributed by atoms with E-state index in [9.17, 15) is 4.79 Å². The third-order valence-corrected chi connectivity index (χ3v) is 3.82. The van der Waals surface area contributed by atoms with E-state index in [0.717, 1.165) is 15.8 Å². The van der Waals surface area contributed by atoms with Gasteiger partial charge in [-0.1, -0.05) is 35.3 Å². The van der Waals surface area contributed by atoms with Gasteiger partial charge in [-0.3, -0.25) is 4.79 Å². The summed E-state index contributed by atoms with van der Waals surface area (Å²) in [4.78, 5) is 11.9. The van der Waals surface area contributed by atoms with Crippen molar-refractivity contribution in [3.63, 3.8) is 0 Å². The Hall–Kier alpha value is -1.23. The minimum atomic E-state index is -0.0671. The summed E-state index contributed by atoms with van der Waals surface area (Å²) in [6.07, 6.45) is 0.339. The zero-order chi connectivity index (χ0) is 15.2. The van der Waals surface area contributed by atoms with Crippen LogP contribution in [0.4, 0.5) is 11.4 Å². The standard InChI is InChI=1S/C15H13BrCl2N2O/c16-13-3-1-2-4-14(13)20-15(21)5-6-19-12-8-10(17)7-11(18)9-12/h1-4,7-9,19H,5-6H2,(H,20,21). The molecule has 0 radical (unpaired) electrons. The zero-order valence-corrected chi connectivity index (χ0v) is 14.1. The molecule has 0 spiro atoms. The van der Waals surface area contributed by atoms with Crippen LogP contribution in [0.2, 0.25) is 10.0 Å². The van der Waals surface area contributed by atoms with Crippen LogP contribution in [0.5, 0.6) is 0 Å². The Labute approximate surface area is 141 Å². The largest absolute Gasteiger partial charge is 0.384 e. The van der Waals surface area contributed by atoms with E-state index in [2.05, 4.69) is 26.6 Å². The van der Waals surface area contributed by atoms with Crippen LogP contribution in [0.25, 0.3) is 0 Å². The molecule has 0 aliphatic carbocycles. The van der Waals surface area contributed by atoms with Gasteiger partial charge in [0.25, 0.3) is 0 Å². The Kier molecular flexibility index (Phi) is 5.91. The Morgan fingerprint density at radius 3 is 2.43 bits per heavy atom. The fourth-order valence-electron chi connectivity index (χ4n) is 1.75. The third-order valence-electron chi connectivity index (χ3n) is 2.69. The molecule has 0 aliphatic heterocycles. The van der Waals surface area contributed by atoms with Gasteiger partial charge in [-0.15, -0.1) is 0 Å². The molecule has 1 amide bonds. The first kappa shape index (κ1) is 16.1. The fraction of sp³-hybridized carbons (Fsp3) is 0.133. The summed E-state index contributed by atoms with van der Waals surface area (Å²) in [5.74, 6) is -0.0671. The van der Waals surface area contributed by atoms with Crippen LogP contribution >= 0.6 is 39.1 Å². The van der Waals surface area contributed by atoms with Crippen molar-refractivity contribution in [2.45, 2.75) is 6.42 Å². The normalized spacial score (nSPS) is 10.2. The Balaban J connectivity index is 1.83. The van der Waals surface area contributed by atoms with E-state index in [1.165, 1.54) is 0 Å². The molecule has 0 atom stereocenters. The first-order valence-corrected chi connectivity index (χ1v) is 7.84. The minimum absolute atomic E-state index is 0.0671. The SMILES string of the molecule is O=C(CCNc1cc(Cl)cc(Cl)c1)Nc1ccccc1Br. The molecule has 0 aromatic heterocycles. The van der Waals surface area contributed by atoms with Crippen molar-refractivity contribution in [3.05, 3.63) is 57.0 Å². The van der Waals surface area contributed by atoms with Crippen LogP contribution in [0.15, 0.2) is 46.9 Å². The van der Waals surface area contributed by atoms with Gasteiger partial charge in [-0.25, -0.2) is 0 Å². The molecular weight excluding hydrogens is 375 g/mol. The lowest BCUT2D eigenvalue weighted by atomic mass is 10.3. The first-order chi connectivity index (χ1) is 10.0. The zero-order valence-electron chi connectivity index (χ0n) is 11.0. The van der Waals surface area contributed by atoms with E-state index in [0.29, 0.717) is 23.0 Å². The van der Waals surface area contributed by atoms with Crippen molar-refractivity contribution in [2.24, 2.45) is 0 Å². The molecular formula is C15H13BrCl2N2O. The second-order valence-corrected chi connectivity index (χ2v) is 6.09. The summed E-state index contributed by atoms with van der Waals surface area (Å²) < 4.78 is 0.855. The summed E-state index contributed by atoms with van der Waals surface area (Å²) >= 11 is 15.2. The molecule has 2 aromatic carbocycles. The Morgan fingerprint density at radius 1 is 1.10 bits per heavy atom. The third kappa shape index (κ3) is 5.23. The maximum Gasteiger partial charge on any atom is 0.226 e. The number of nitrogens with one attached hydrogen (secondary N) is 2. The summed E-state index contributed by atoms with van der Waals surface area (Å²) in [6.45, 7) is 0.493. The van der Waals surface area contributed by atoms with Gasteiger partial charge in [0.15, 0.2) is 0 Å². The second kappa shape index (κ2) is 7.69. The van der Waals surface area contributed by atoms with Crippen molar-refractivity contribution in [3.8, 4) is 0 Å². The van der Waals surface area contributed by atoms with Gasteiger partial charge in [0.2, 0.25) is 5.91 Å². The highest BCUT2D eigenvalue weighted by atomic mass is 79.9. The predicted molar refractivity (Wildman–Crippen MR) is 92.3 cm³/mol. The van der Waals surface area contributed by atoms with E-state index in [1.807, 2.05) is 24.3 Å². The highest BCUT2D eigenvalue weighted by molar-refractivity contribution is 9.10. The number of carbonyl (C=O) groups is 1. The van der Waals surface area contributed by atoms with Gasteiger partial charge in [-0.2, -0.15) is 0 Å². The summed E-state index contributed by atoms with van der Waals surface area (Å²) in [5, 5.41) is 7.07. The molecule has 3 nitrogen and oxygen atoms in total. The molecule has 0 aliphatic rings. The number of rotatable bonds is 5. The monoisotopic (exact) mass is 386 g/mol. The summed E-state index contributed by atoms with van der Waals surface area (Å²) in [6, 6.07) is 12.7. The molecule has 0 saturated carbocycles. The van der Waals surface area contributed by atoms with Crippen LogP contribution in [0.1, 0.15) is 6.42 Å². The highest BCUT2D eigenvalue weighted by Gasteiger charge is 2.05. The molecule has 2 rings (SSSR count). The lowest BCUT2D eigenvalue weighted by molar-refractivity contribution is -0.115. The molecule has 0 heterocycles. The van der Waals surface area contributed by atoms with E-state index >= 15 is 0 Å². The molecule has 6 heteroatoms. The average Bonchev–Trinajstić information content (AvgIpc) is 2.40. The average molecular weight is 388 g/mol. The number of para-hydroxylation sites is 1. The van der Waals surface area contributed by atoms with Crippen molar-refractivity contribution < 1.29 is 4.79 Å². The van der Waals surface area contributed by atoms with E-state index < -0.39 is 0 Å². The fourth-order valence-corrected chi connectivity index (χ4v) is 2.66. The van der Waals surface area contributed by atoms with Crippen LogP contribution in [0.3, 0.4) is 0 Å². The molecule has 21 heavy (non-hydrogen) atoms. The maximum absolute atomic E-state index is 11.9.